The third-order valence-electron chi connectivity index (χ3n) is 4.87. The summed E-state index contributed by atoms with van der Waals surface area (Å²) in [4.78, 5) is 13.7. The third-order valence-corrected chi connectivity index (χ3v) is 4.87. The van der Waals surface area contributed by atoms with E-state index in [0.717, 1.165) is 50.1 Å². The lowest BCUT2D eigenvalue weighted by molar-refractivity contribution is 0.0268. The van der Waals surface area contributed by atoms with Crippen LogP contribution in [0, 0.1) is 0 Å². The van der Waals surface area contributed by atoms with Crippen molar-refractivity contribution in [1.82, 2.24) is 20.5 Å². The highest BCUT2D eigenvalue weighted by molar-refractivity contribution is 14.0. The second-order valence-electron chi connectivity index (χ2n) is 7.19. The smallest absolute Gasteiger partial charge is 0.191 e. The molecule has 2 heterocycles. The largest absolute Gasteiger partial charge is 0.377 e. The summed E-state index contributed by atoms with van der Waals surface area (Å²) < 4.78 is 5.42. The predicted octanol–water partition coefficient (Wildman–Crippen LogP) is 1.93. The van der Waals surface area contributed by atoms with E-state index in [2.05, 4.69) is 49.5 Å². The molecule has 1 aliphatic heterocycles. The van der Waals surface area contributed by atoms with Crippen molar-refractivity contribution in [2.24, 2.45) is 4.99 Å². The van der Waals surface area contributed by atoms with Crippen LogP contribution < -0.4 is 15.5 Å². The van der Waals surface area contributed by atoms with E-state index in [1.54, 1.807) is 14.2 Å². The minimum atomic E-state index is -0.234. The molecule has 27 heavy (non-hydrogen) atoms. The number of nitrogens with zero attached hydrogens (tertiary/aromatic N) is 4. The van der Waals surface area contributed by atoms with Gasteiger partial charge in [0.05, 0.1) is 5.60 Å². The minimum absolute atomic E-state index is 0. The fourth-order valence-corrected chi connectivity index (χ4v) is 2.78. The van der Waals surface area contributed by atoms with E-state index in [4.69, 9.17) is 4.74 Å². The molecule has 1 fully saturated rings. The zero-order valence-corrected chi connectivity index (χ0v) is 19.6. The lowest BCUT2D eigenvalue weighted by Gasteiger charge is -2.34. The Morgan fingerprint density at radius 3 is 2.44 bits per heavy atom. The number of aromatic nitrogens is 1. The summed E-state index contributed by atoms with van der Waals surface area (Å²) in [6, 6.07) is 4.25. The van der Waals surface area contributed by atoms with Crippen molar-refractivity contribution >= 4 is 35.8 Å². The van der Waals surface area contributed by atoms with Gasteiger partial charge in [0.1, 0.15) is 5.82 Å². The first-order valence-electron chi connectivity index (χ1n) is 9.39. The van der Waals surface area contributed by atoms with Crippen molar-refractivity contribution in [3.8, 4) is 0 Å². The highest BCUT2D eigenvalue weighted by Crippen LogP contribution is 2.14. The monoisotopic (exact) mass is 490 g/mol. The van der Waals surface area contributed by atoms with Crippen LogP contribution in [0.15, 0.2) is 23.3 Å². The molecule has 2 rings (SSSR count). The van der Waals surface area contributed by atoms with Crippen molar-refractivity contribution in [3.63, 3.8) is 0 Å². The van der Waals surface area contributed by atoms with E-state index < -0.39 is 0 Å². The number of hydrogen-bond acceptors (Lipinski definition) is 5. The molecule has 154 valence electrons. The molecule has 0 unspecified atom stereocenters. The van der Waals surface area contributed by atoms with Crippen LogP contribution in [0.25, 0.3) is 0 Å². The maximum atomic E-state index is 5.42. The Hall–Kier alpha value is -1.13. The molecule has 7 nitrogen and oxygen atoms in total. The number of guanidine groups is 1. The van der Waals surface area contributed by atoms with Crippen molar-refractivity contribution in [2.75, 3.05) is 58.3 Å². The number of likely N-dealkylation sites (N-methyl/N-ethyl adjacent to an activating group) is 1. The van der Waals surface area contributed by atoms with Gasteiger partial charge in [-0.25, -0.2) is 4.98 Å². The van der Waals surface area contributed by atoms with Gasteiger partial charge in [-0.3, -0.25) is 4.99 Å². The van der Waals surface area contributed by atoms with Crippen LogP contribution >= 0.6 is 24.0 Å². The number of aliphatic imine (C=N–C) groups is 1. The Labute approximate surface area is 181 Å². The van der Waals surface area contributed by atoms with Crippen LogP contribution in [-0.4, -0.2) is 74.9 Å². The van der Waals surface area contributed by atoms with Gasteiger partial charge in [0, 0.05) is 59.6 Å². The summed E-state index contributed by atoms with van der Waals surface area (Å²) in [6.07, 6.45) is 1.95. The van der Waals surface area contributed by atoms with Crippen LogP contribution in [0.3, 0.4) is 0 Å². The topological polar surface area (TPSA) is 65.0 Å². The average molecular weight is 490 g/mol. The first kappa shape index (κ1) is 23.9. The van der Waals surface area contributed by atoms with E-state index in [1.807, 2.05) is 20.0 Å². The quantitative estimate of drug-likeness (QED) is 0.346. The number of rotatable bonds is 7. The fourth-order valence-electron chi connectivity index (χ4n) is 2.78. The summed E-state index contributed by atoms with van der Waals surface area (Å²) in [5.74, 6) is 1.82. The zero-order chi connectivity index (χ0) is 19.0. The lowest BCUT2D eigenvalue weighted by Crippen LogP contribution is -2.46. The first-order chi connectivity index (χ1) is 12.5. The van der Waals surface area contributed by atoms with E-state index in [-0.39, 0.29) is 29.6 Å². The Bertz CT molecular complexity index is 570. The van der Waals surface area contributed by atoms with Crippen molar-refractivity contribution < 1.29 is 4.74 Å². The van der Waals surface area contributed by atoms with Crippen LogP contribution in [0.2, 0.25) is 0 Å². The summed E-state index contributed by atoms with van der Waals surface area (Å²) in [6.45, 7) is 13.1. The van der Waals surface area contributed by atoms with Gasteiger partial charge in [-0.1, -0.05) is 13.0 Å². The Balaban J connectivity index is 0.00000364. The van der Waals surface area contributed by atoms with Crippen molar-refractivity contribution in [3.05, 3.63) is 23.9 Å². The minimum Gasteiger partial charge on any atom is -0.377 e. The summed E-state index contributed by atoms with van der Waals surface area (Å²) >= 11 is 0. The molecule has 0 radical (unpaired) electrons. The molecule has 1 aromatic heterocycles. The number of nitrogens with one attached hydrogen (secondary N) is 2. The van der Waals surface area contributed by atoms with Gasteiger partial charge in [-0.2, -0.15) is 0 Å². The van der Waals surface area contributed by atoms with E-state index >= 15 is 0 Å². The summed E-state index contributed by atoms with van der Waals surface area (Å²) in [7, 11) is 3.49. The van der Waals surface area contributed by atoms with E-state index in [1.165, 1.54) is 0 Å². The van der Waals surface area contributed by atoms with Gasteiger partial charge in [0.2, 0.25) is 0 Å². The second kappa shape index (κ2) is 11.7. The standard InChI is InChI=1S/C19H34N6O.HI/c1-6-24-9-11-25(12-10-24)17-8-7-16(13-21-17)14-22-18(20-4)23-15-19(2,3)26-5;/h7-8,13H,6,9-12,14-15H2,1-5H3,(H2,20,22,23);1H. The van der Waals surface area contributed by atoms with Gasteiger partial charge >= 0.3 is 0 Å². The molecule has 1 aromatic rings. The summed E-state index contributed by atoms with van der Waals surface area (Å²) in [5.41, 5.74) is 0.901. The molecule has 0 aliphatic carbocycles. The number of halogens is 1. The number of piperazine rings is 1. The number of anilines is 1. The van der Waals surface area contributed by atoms with Gasteiger partial charge in [0.25, 0.3) is 0 Å². The molecule has 0 amide bonds. The normalized spacial score (nSPS) is 16.0. The zero-order valence-electron chi connectivity index (χ0n) is 17.3. The summed E-state index contributed by atoms with van der Waals surface area (Å²) in [5, 5.41) is 6.60. The second-order valence-corrected chi connectivity index (χ2v) is 7.19. The molecule has 8 heteroatoms. The highest BCUT2D eigenvalue weighted by atomic mass is 127. The fraction of sp³-hybridized carbons (Fsp3) is 0.684. The SMILES string of the molecule is CCN1CCN(c2ccc(CNC(=NC)NCC(C)(C)OC)cn2)CC1.I. The number of hydrogen-bond donors (Lipinski definition) is 2. The molecule has 0 spiro atoms. The highest BCUT2D eigenvalue weighted by Gasteiger charge is 2.17. The number of ether oxygens (including phenoxy) is 1. The molecule has 0 saturated carbocycles. The lowest BCUT2D eigenvalue weighted by atomic mass is 10.1. The van der Waals surface area contributed by atoms with E-state index in [9.17, 15) is 0 Å². The van der Waals surface area contributed by atoms with Crippen LogP contribution in [-0.2, 0) is 11.3 Å². The van der Waals surface area contributed by atoms with Gasteiger partial charge in [-0.05, 0) is 32.0 Å². The van der Waals surface area contributed by atoms with Crippen LogP contribution in [0.5, 0.6) is 0 Å². The molecule has 0 atom stereocenters. The maximum Gasteiger partial charge on any atom is 0.191 e. The molecular weight excluding hydrogens is 455 g/mol. The number of methoxy groups -OCH3 is 1. The van der Waals surface area contributed by atoms with Gasteiger partial charge < -0.3 is 25.2 Å². The molecule has 0 bridgehead atoms. The molecule has 2 N–H and O–H groups in total. The Morgan fingerprint density at radius 1 is 1.22 bits per heavy atom. The molecule has 0 aromatic carbocycles. The average Bonchev–Trinajstić information content (AvgIpc) is 2.68. The van der Waals surface area contributed by atoms with E-state index in [0.29, 0.717) is 13.1 Å². The van der Waals surface area contributed by atoms with Crippen LogP contribution in [0.1, 0.15) is 26.3 Å². The van der Waals surface area contributed by atoms with Crippen molar-refractivity contribution in [2.45, 2.75) is 32.9 Å². The third kappa shape index (κ3) is 7.79. The van der Waals surface area contributed by atoms with Gasteiger partial charge in [0.15, 0.2) is 5.96 Å². The molecule has 1 saturated heterocycles. The van der Waals surface area contributed by atoms with Crippen molar-refractivity contribution in [1.29, 1.82) is 0 Å². The number of pyridine rings is 1. The Morgan fingerprint density at radius 2 is 1.93 bits per heavy atom. The maximum absolute atomic E-state index is 5.42. The van der Waals surface area contributed by atoms with Gasteiger partial charge in [-0.15, -0.1) is 24.0 Å². The molecule has 1 aliphatic rings. The molecular formula is C19H35IN6O. The van der Waals surface area contributed by atoms with Crippen LogP contribution in [0.4, 0.5) is 5.82 Å². The Kier molecular flexibility index (Phi) is 10.3. The predicted molar refractivity (Wildman–Crippen MR) is 123 cm³/mol. The first-order valence-corrected chi connectivity index (χ1v) is 9.39.